The van der Waals surface area contributed by atoms with Crippen molar-refractivity contribution in [2.75, 3.05) is 0 Å². The molecule has 1 aromatic carbocycles. The van der Waals surface area contributed by atoms with Gasteiger partial charge in [-0.05, 0) is 29.8 Å². The van der Waals surface area contributed by atoms with E-state index in [2.05, 4.69) is 9.97 Å². The molecule has 0 saturated heterocycles. The molecule has 0 fully saturated rings. The molecule has 4 rings (SSSR count). The van der Waals surface area contributed by atoms with Crippen LogP contribution in [-0.4, -0.2) is 19.2 Å². The molecule has 0 spiro atoms. The summed E-state index contributed by atoms with van der Waals surface area (Å²) in [5.74, 6) is 0. The van der Waals surface area contributed by atoms with E-state index < -0.39 is 0 Å². The number of fused-ring (bicyclic) bond motifs is 1. The van der Waals surface area contributed by atoms with Crippen LogP contribution in [-0.2, 0) is 0 Å². The molecular formula is C19H13ClN4O. The number of hydrogen-bond donors (Lipinski definition) is 0. The highest BCUT2D eigenvalue weighted by molar-refractivity contribution is 6.32. The standard InChI is InChI=1S/C19H13ClN4O/c20-16-5-1-2-6-17(16)23-11-9-18-22-15(12-19(25)24(18)23)8-7-14-4-3-10-21-13-14/h1-13H. The molecule has 0 atom stereocenters. The van der Waals surface area contributed by atoms with Crippen LogP contribution >= 0.6 is 11.6 Å². The third-order valence-electron chi connectivity index (χ3n) is 3.75. The molecule has 0 unspecified atom stereocenters. The molecule has 3 heterocycles. The van der Waals surface area contributed by atoms with Crippen LogP contribution < -0.4 is 5.56 Å². The van der Waals surface area contributed by atoms with Crippen molar-refractivity contribution < 1.29 is 0 Å². The molecule has 0 saturated carbocycles. The molecule has 25 heavy (non-hydrogen) atoms. The Labute approximate surface area is 148 Å². The van der Waals surface area contributed by atoms with E-state index in [-0.39, 0.29) is 5.56 Å². The molecule has 0 bridgehead atoms. The lowest BCUT2D eigenvalue weighted by atomic mass is 10.2. The molecule has 0 radical (unpaired) electrons. The van der Waals surface area contributed by atoms with Gasteiger partial charge in [0.1, 0.15) is 0 Å². The Bertz CT molecular complexity index is 1130. The average molecular weight is 349 g/mol. The van der Waals surface area contributed by atoms with Gasteiger partial charge in [0.25, 0.3) is 5.56 Å². The summed E-state index contributed by atoms with van der Waals surface area (Å²) >= 11 is 6.24. The van der Waals surface area contributed by atoms with Gasteiger partial charge in [0.05, 0.1) is 16.4 Å². The van der Waals surface area contributed by atoms with Crippen molar-refractivity contribution in [1.29, 1.82) is 0 Å². The van der Waals surface area contributed by atoms with Gasteiger partial charge in [-0.3, -0.25) is 14.5 Å². The maximum absolute atomic E-state index is 12.6. The number of benzene rings is 1. The summed E-state index contributed by atoms with van der Waals surface area (Å²) in [5.41, 5.74) is 2.63. The van der Waals surface area contributed by atoms with Gasteiger partial charge in [0.15, 0.2) is 5.65 Å². The molecule has 0 aliphatic heterocycles. The lowest BCUT2D eigenvalue weighted by Gasteiger charge is -2.08. The number of rotatable bonds is 3. The number of para-hydroxylation sites is 1. The van der Waals surface area contributed by atoms with Crippen LogP contribution in [0.25, 0.3) is 23.5 Å². The Morgan fingerprint density at radius 2 is 1.92 bits per heavy atom. The second kappa shape index (κ2) is 6.37. The molecule has 122 valence electrons. The van der Waals surface area contributed by atoms with Crippen LogP contribution in [0.1, 0.15) is 11.3 Å². The summed E-state index contributed by atoms with van der Waals surface area (Å²) in [7, 11) is 0. The van der Waals surface area contributed by atoms with Crippen molar-refractivity contribution in [3.05, 3.63) is 93.8 Å². The number of halogens is 1. The van der Waals surface area contributed by atoms with Gasteiger partial charge < -0.3 is 0 Å². The van der Waals surface area contributed by atoms with Crippen molar-refractivity contribution in [1.82, 2.24) is 19.2 Å². The second-order valence-electron chi connectivity index (χ2n) is 5.42. The number of pyridine rings is 1. The first-order valence-corrected chi connectivity index (χ1v) is 8.05. The highest BCUT2D eigenvalue weighted by atomic mass is 35.5. The quantitative estimate of drug-likeness (QED) is 0.567. The highest BCUT2D eigenvalue weighted by Gasteiger charge is 2.09. The van der Waals surface area contributed by atoms with E-state index in [4.69, 9.17) is 11.6 Å². The van der Waals surface area contributed by atoms with Gasteiger partial charge in [0, 0.05) is 30.7 Å². The molecule has 3 aromatic heterocycles. The summed E-state index contributed by atoms with van der Waals surface area (Å²) in [6.07, 6.45) is 8.91. The number of nitrogens with zero attached hydrogens (tertiary/aromatic N) is 4. The maximum atomic E-state index is 12.6. The van der Waals surface area contributed by atoms with E-state index in [1.165, 1.54) is 10.6 Å². The highest BCUT2D eigenvalue weighted by Crippen LogP contribution is 2.20. The first-order chi connectivity index (χ1) is 12.2. The van der Waals surface area contributed by atoms with E-state index in [1.807, 2.05) is 36.4 Å². The Morgan fingerprint density at radius 1 is 1.04 bits per heavy atom. The van der Waals surface area contributed by atoms with E-state index in [0.717, 1.165) is 11.3 Å². The summed E-state index contributed by atoms with van der Waals surface area (Å²) in [6.45, 7) is 0. The normalized spacial score (nSPS) is 11.4. The van der Waals surface area contributed by atoms with E-state index in [9.17, 15) is 4.79 Å². The van der Waals surface area contributed by atoms with Crippen molar-refractivity contribution in [2.24, 2.45) is 0 Å². The zero-order valence-electron chi connectivity index (χ0n) is 13.1. The van der Waals surface area contributed by atoms with Crippen LogP contribution in [0.15, 0.2) is 71.9 Å². The summed E-state index contributed by atoms with van der Waals surface area (Å²) in [6, 6.07) is 14.4. The van der Waals surface area contributed by atoms with E-state index >= 15 is 0 Å². The Hall–Kier alpha value is -3.18. The predicted octanol–water partition coefficient (Wildman–Crippen LogP) is 3.70. The Morgan fingerprint density at radius 3 is 2.72 bits per heavy atom. The molecule has 0 aliphatic rings. The van der Waals surface area contributed by atoms with Crippen molar-refractivity contribution in [2.45, 2.75) is 0 Å². The topological polar surface area (TPSA) is 52.2 Å². The van der Waals surface area contributed by atoms with Crippen LogP contribution in [0.5, 0.6) is 0 Å². The van der Waals surface area contributed by atoms with E-state index in [1.54, 1.807) is 41.5 Å². The van der Waals surface area contributed by atoms with Gasteiger partial charge in [0.2, 0.25) is 0 Å². The minimum Gasteiger partial charge on any atom is -0.267 e. The SMILES string of the molecule is O=c1cc(C=Cc2cccnc2)nc2ccn(-c3ccccc3Cl)n12. The smallest absolute Gasteiger partial charge is 0.267 e. The molecule has 6 heteroatoms. The van der Waals surface area contributed by atoms with Crippen LogP contribution in [0.2, 0.25) is 5.02 Å². The maximum Gasteiger partial charge on any atom is 0.273 e. The third kappa shape index (κ3) is 2.97. The predicted molar refractivity (Wildman–Crippen MR) is 99.0 cm³/mol. The molecule has 5 nitrogen and oxygen atoms in total. The van der Waals surface area contributed by atoms with Gasteiger partial charge in [-0.1, -0.05) is 35.9 Å². The van der Waals surface area contributed by atoms with Crippen molar-refractivity contribution in [3.8, 4) is 5.69 Å². The lowest BCUT2D eigenvalue weighted by Crippen LogP contribution is -2.20. The van der Waals surface area contributed by atoms with Crippen LogP contribution in [0.4, 0.5) is 0 Å². The van der Waals surface area contributed by atoms with Gasteiger partial charge >= 0.3 is 0 Å². The average Bonchev–Trinajstić information content (AvgIpc) is 3.06. The Kier molecular flexibility index (Phi) is 3.91. The van der Waals surface area contributed by atoms with Gasteiger partial charge in [-0.15, -0.1) is 0 Å². The third-order valence-corrected chi connectivity index (χ3v) is 4.07. The van der Waals surface area contributed by atoms with Crippen molar-refractivity contribution >= 4 is 29.4 Å². The minimum atomic E-state index is -0.180. The van der Waals surface area contributed by atoms with Gasteiger partial charge in [-0.25, -0.2) is 4.98 Å². The first kappa shape index (κ1) is 15.4. The zero-order chi connectivity index (χ0) is 17.2. The molecular weight excluding hydrogens is 336 g/mol. The van der Waals surface area contributed by atoms with E-state index in [0.29, 0.717) is 16.4 Å². The fourth-order valence-electron chi connectivity index (χ4n) is 2.61. The molecule has 0 aliphatic carbocycles. The molecule has 0 N–H and O–H groups in total. The van der Waals surface area contributed by atoms with Crippen molar-refractivity contribution in [3.63, 3.8) is 0 Å². The summed E-state index contributed by atoms with van der Waals surface area (Å²) in [5, 5.41) is 0.562. The fourth-order valence-corrected chi connectivity index (χ4v) is 2.83. The lowest BCUT2D eigenvalue weighted by molar-refractivity contribution is 0.763. The number of hydrogen-bond acceptors (Lipinski definition) is 3. The summed E-state index contributed by atoms with van der Waals surface area (Å²) < 4.78 is 3.18. The molecule has 0 amide bonds. The van der Waals surface area contributed by atoms with Crippen LogP contribution in [0.3, 0.4) is 0 Å². The second-order valence-corrected chi connectivity index (χ2v) is 5.83. The van der Waals surface area contributed by atoms with Crippen LogP contribution in [0, 0.1) is 0 Å². The largest absolute Gasteiger partial charge is 0.273 e. The molecule has 4 aromatic rings. The first-order valence-electron chi connectivity index (χ1n) is 7.67. The van der Waals surface area contributed by atoms with Gasteiger partial charge in [-0.2, -0.15) is 4.52 Å². The summed E-state index contributed by atoms with van der Waals surface area (Å²) in [4.78, 5) is 21.2. The number of aromatic nitrogens is 4. The fraction of sp³-hybridized carbons (Fsp3) is 0. The zero-order valence-corrected chi connectivity index (χ0v) is 13.8. The minimum absolute atomic E-state index is 0.180. The Balaban J connectivity index is 1.79. The monoisotopic (exact) mass is 348 g/mol.